The zero-order valence-corrected chi connectivity index (χ0v) is 17.3. The van der Waals surface area contributed by atoms with Gasteiger partial charge in [-0.2, -0.15) is 0 Å². The molecule has 31 heavy (non-hydrogen) atoms. The Hall–Kier alpha value is -3.19. The summed E-state index contributed by atoms with van der Waals surface area (Å²) in [5, 5.41) is 0. The molecule has 1 fully saturated rings. The number of halogens is 2. The van der Waals surface area contributed by atoms with Crippen molar-refractivity contribution in [2.75, 3.05) is 25.1 Å². The van der Waals surface area contributed by atoms with Crippen molar-refractivity contribution in [2.24, 2.45) is 0 Å². The van der Waals surface area contributed by atoms with Crippen LogP contribution in [0.2, 0.25) is 0 Å². The molecule has 0 radical (unpaired) electrons. The summed E-state index contributed by atoms with van der Waals surface area (Å²) >= 11 is 0. The summed E-state index contributed by atoms with van der Waals surface area (Å²) in [6, 6.07) is 14.4. The molecule has 162 valence electrons. The standard InChI is InChI=1S/C24H24F2N2O3/c1-30-21-5-2-4-20(15-21)28(24(29)23-6-3-13-31-23)19-9-11-27(12-10-19)16-17-7-8-18(25)14-22(17)26/h2-8,13-15,19H,9-12,16H2,1H3. The Labute approximate surface area is 179 Å². The summed E-state index contributed by atoms with van der Waals surface area (Å²) < 4.78 is 37.9. The van der Waals surface area contributed by atoms with Crippen LogP contribution in [-0.4, -0.2) is 37.0 Å². The minimum absolute atomic E-state index is 0.0426. The summed E-state index contributed by atoms with van der Waals surface area (Å²) in [4.78, 5) is 17.1. The number of hydrogen-bond acceptors (Lipinski definition) is 4. The smallest absolute Gasteiger partial charge is 0.294 e. The Morgan fingerprint density at radius 1 is 1.13 bits per heavy atom. The molecule has 5 nitrogen and oxygen atoms in total. The number of benzene rings is 2. The molecule has 1 amide bonds. The van der Waals surface area contributed by atoms with Crippen molar-refractivity contribution in [3.05, 3.63) is 83.8 Å². The van der Waals surface area contributed by atoms with Crippen molar-refractivity contribution in [3.63, 3.8) is 0 Å². The number of nitrogens with zero attached hydrogens (tertiary/aromatic N) is 2. The first-order valence-electron chi connectivity index (χ1n) is 10.2. The molecule has 1 aromatic heterocycles. The predicted molar refractivity (Wildman–Crippen MR) is 113 cm³/mol. The number of furan rings is 1. The molecule has 2 aromatic carbocycles. The molecule has 0 saturated carbocycles. The molecule has 0 atom stereocenters. The van der Waals surface area contributed by atoms with Crippen LogP contribution in [0.5, 0.6) is 5.75 Å². The molecule has 1 aliphatic heterocycles. The van der Waals surface area contributed by atoms with Gasteiger partial charge in [0.05, 0.1) is 13.4 Å². The molecule has 4 rings (SSSR count). The van der Waals surface area contributed by atoms with Crippen LogP contribution in [0.3, 0.4) is 0 Å². The predicted octanol–water partition coefficient (Wildman–Crippen LogP) is 4.88. The van der Waals surface area contributed by atoms with Crippen molar-refractivity contribution < 1.29 is 22.7 Å². The van der Waals surface area contributed by atoms with Crippen molar-refractivity contribution in [1.82, 2.24) is 4.90 Å². The number of carbonyl (C=O) groups excluding carboxylic acids is 1. The highest BCUT2D eigenvalue weighted by Crippen LogP contribution is 2.29. The van der Waals surface area contributed by atoms with E-state index in [1.165, 1.54) is 18.4 Å². The first-order chi connectivity index (χ1) is 15.0. The van der Waals surface area contributed by atoms with Crippen LogP contribution in [0.15, 0.2) is 65.3 Å². The van der Waals surface area contributed by atoms with Gasteiger partial charge < -0.3 is 14.1 Å². The van der Waals surface area contributed by atoms with Gasteiger partial charge in [-0.25, -0.2) is 8.78 Å². The quantitative estimate of drug-likeness (QED) is 0.564. The van der Waals surface area contributed by atoms with E-state index in [-0.39, 0.29) is 17.7 Å². The van der Waals surface area contributed by atoms with Crippen LogP contribution in [0, 0.1) is 11.6 Å². The van der Waals surface area contributed by atoms with Crippen LogP contribution in [0.25, 0.3) is 0 Å². The number of piperidine rings is 1. The van der Waals surface area contributed by atoms with Gasteiger partial charge >= 0.3 is 0 Å². The molecule has 2 heterocycles. The number of methoxy groups -OCH3 is 1. The Morgan fingerprint density at radius 2 is 1.94 bits per heavy atom. The van der Waals surface area contributed by atoms with Gasteiger partial charge in [0.25, 0.3) is 5.91 Å². The lowest BCUT2D eigenvalue weighted by molar-refractivity contribution is 0.0931. The number of amides is 1. The van der Waals surface area contributed by atoms with E-state index < -0.39 is 11.6 Å². The average Bonchev–Trinajstić information content (AvgIpc) is 3.32. The number of carbonyl (C=O) groups is 1. The molecule has 0 bridgehead atoms. The molecule has 1 saturated heterocycles. The van der Waals surface area contributed by atoms with Gasteiger partial charge in [0, 0.05) is 49.1 Å². The number of likely N-dealkylation sites (tertiary alicyclic amines) is 1. The molecule has 3 aromatic rings. The number of ether oxygens (including phenoxy) is 1. The number of rotatable bonds is 6. The van der Waals surface area contributed by atoms with Crippen LogP contribution in [0.4, 0.5) is 14.5 Å². The van der Waals surface area contributed by atoms with Gasteiger partial charge in [0.15, 0.2) is 5.76 Å². The van der Waals surface area contributed by atoms with Crippen LogP contribution in [0.1, 0.15) is 29.0 Å². The van der Waals surface area contributed by atoms with Gasteiger partial charge in [-0.15, -0.1) is 0 Å². The van der Waals surface area contributed by atoms with E-state index in [9.17, 15) is 13.6 Å². The molecule has 1 aliphatic rings. The van der Waals surface area contributed by atoms with Crippen molar-refractivity contribution in [2.45, 2.75) is 25.4 Å². The Balaban J connectivity index is 1.51. The maximum Gasteiger partial charge on any atom is 0.294 e. The van der Waals surface area contributed by atoms with Gasteiger partial charge in [0.1, 0.15) is 17.4 Å². The van der Waals surface area contributed by atoms with Gasteiger partial charge in [0.2, 0.25) is 0 Å². The van der Waals surface area contributed by atoms with Crippen molar-refractivity contribution in [1.29, 1.82) is 0 Å². The third kappa shape index (κ3) is 4.77. The van der Waals surface area contributed by atoms with Gasteiger partial charge in [-0.05, 0) is 43.2 Å². The fourth-order valence-electron chi connectivity index (χ4n) is 4.00. The van der Waals surface area contributed by atoms with Gasteiger partial charge in [-0.1, -0.05) is 12.1 Å². The average molecular weight is 426 g/mol. The second kappa shape index (κ2) is 9.31. The maximum atomic E-state index is 14.0. The van der Waals surface area contributed by atoms with E-state index >= 15 is 0 Å². The third-order valence-corrected chi connectivity index (χ3v) is 5.61. The topological polar surface area (TPSA) is 45.9 Å². The largest absolute Gasteiger partial charge is 0.497 e. The first-order valence-corrected chi connectivity index (χ1v) is 10.2. The molecule has 7 heteroatoms. The van der Waals surface area contributed by atoms with E-state index in [1.54, 1.807) is 24.1 Å². The lowest BCUT2D eigenvalue weighted by atomic mass is 10.0. The highest BCUT2D eigenvalue weighted by atomic mass is 19.1. The Morgan fingerprint density at radius 3 is 2.61 bits per heavy atom. The van der Waals surface area contributed by atoms with Crippen molar-refractivity contribution in [3.8, 4) is 5.75 Å². The monoisotopic (exact) mass is 426 g/mol. The molecular weight excluding hydrogens is 402 g/mol. The summed E-state index contributed by atoms with van der Waals surface area (Å²) in [7, 11) is 1.59. The van der Waals surface area contributed by atoms with E-state index in [0.717, 1.165) is 11.8 Å². The Kier molecular flexibility index (Phi) is 6.32. The second-order valence-electron chi connectivity index (χ2n) is 7.60. The molecular formula is C24H24F2N2O3. The van der Waals surface area contributed by atoms with Crippen LogP contribution in [-0.2, 0) is 6.54 Å². The zero-order chi connectivity index (χ0) is 21.8. The first kappa shape index (κ1) is 21.1. The third-order valence-electron chi connectivity index (χ3n) is 5.61. The Bertz CT molecular complexity index is 1030. The highest BCUT2D eigenvalue weighted by Gasteiger charge is 2.31. The lowest BCUT2D eigenvalue weighted by Gasteiger charge is -2.38. The van der Waals surface area contributed by atoms with Gasteiger partial charge in [-0.3, -0.25) is 9.69 Å². The van der Waals surface area contributed by atoms with E-state index in [0.29, 0.717) is 43.8 Å². The maximum absolute atomic E-state index is 14.0. The van der Waals surface area contributed by atoms with E-state index in [1.807, 2.05) is 24.3 Å². The molecule has 0 N–H and O–H groups in total. The molecule has 0 spiro atoms. The van der Waals surface area contributed by atoms with Crippen LogP contribution >= 0.6 is 0 Å². The number of anilines is 1. The summed E-state index contributed by atoms with van der Waals surface area (Å²) in [5.41, 5.74) is 1.21. The summed E-state index contributed by atoms with van der Waals surface area (Å²) in [6.07, 6.45) is 2.91. The van der Waals surface area contributed by atoms with E-state index in [2.05, 4.69) is 4.90 Å². The lowest BCUT2D eigenvalue weighted by Crippen LogP contribution is -2.47. The fourth-order valence-corrected chi connectivity index (χ4v) is 4.00. The summed E-state index contributed by atoms with van der Waals surface area (Å²) in [5.74, 6) is -0.377. The van der Waals surface area contributed by atoms with Crippen molar-refractivity contribution >= 4 is 11.6 Å². The minimum atomic E-state index is -0.578. The van der Waals surface area contributed by atoms with Crippen LogP contribution < -0.4 is 9.64 Å². The normalized spacial score (nSPS) is 15.1. The number of hydrogen-bond donors (Lipinski definition) is 0. The molecule has 0 unspecified atom stereocenters. The molecule has 0 aliphatic carbocycles. The fraction of sp³-hybridized carbons (Fsp3) is 0.292. The zero-order valence-electron chi connectivity index (χ0n) is 17.3. The second-order valence-corrected chi connectivity index (χ2v) is 7.60. The SMILES string of the molecule is COc1cccc(N(C(=O)c2ccco2)C2CCN(Cc3ccc(F)cc3F)CC2)c1. The minimum Gasteiger partial charge on any atom is -0.497 e. The highest BCUT2D eigenvalue weighted by molar-refractivity contribution is 6.04. The summed E-state index contributed by atoms with van der Waals surface area (Å²) in [6.45, 7) is 1.78. The van der Waals surface area contributed by atoms with E-state index in [4.69, 9.17) is 9.15 Å².